The minimum atomic E-state index is -2.68. The first-order valence-corrected chi connectivity index (χ1v) is 8.77. The molecular formula is C19H24F2N6O2. The van der Waals surface area contributed by atoms with Crippen LogP contribution in [0.2, 0.25) is 0 Å². The number of nitrogens with zero attached hydrogens (tertiary/aromatic N) is 2. The summed E-state index contributed by atoms with van der Waals surface area (Å²) in [5.74, 6) is 0.713. The minimum absolute atomic E-state index is 0.0198. The molecule has 1 aliphatic heterocycles. The summed E-state index contributed by atoms with van der Waals surface area (Å²) in [4.78, 5) is 7.84. The lowest BCUT2D eigenvalue weighted by Crippen LogP contribution is -2.32. The topological polar surface area (TPSA) is 132 Å². The Morgan fingerprint density at radius 1 is 1.59 bits per heavy atom. The SMILES string of the molecule is C=C(/C=C(N)\N=C(/C)C(F)F)Nc1cc(OCC2CCO2)c(/C(C=N)=C/N)cn1. The number of rotatable bonds is 10. The minimum Gasteiger partial charge on any atom is -0.490 e. The Balaban J connectivity index is 2.18. The molecule has 156 valence electrons. The van der Waals surface area contributed by atoms with Crippen LogP contribution < -0.4 is 21.5 Å². The summed E-state index contributed by atoms with van der Waals surface area (Å²) in [6, 6.07) is 1.61. The van der Waals surface area contributed by atoms with Crippen molar-refractivity contribution in [2.45, 2.75) is 25.9 Å². The molecule has 10 heteroatoms. The molecule has 0 spiro atoms. The molecular weight excluding hydrogens is 382 g/mol. The predicted molar refractivity (Wildman–Crippen MR) is 109 cm³/mol. The molecule has 1 atom stereocenters. The molecule has 1 aromatic heterocycles. The van der Waals surface area contributed by atoms with Crippen LogP contribution in [0.1, 0.15) is 18.9 Å². The fourth-order valence-corrected chi connectivity index (χ4v) is 2.32. The van der Waals surface area contributed by atoms with Crippen molar-refractivity contribution in [2.24, 2.45) is 16.5 Å². The fourth-order valence-electron chi connectivity index (χ4n) is 2.32. The van der Waals surface area contributed by atoms with E-state index in [0.717, 1.165) is 12.6 Å². The summed E-state index contributed by atoms with van der Waals surface area (Å²) in [6.45, 7) is 6.01. The van der Waals surface area contributed by atoms with Crippen LogP contribution in [0.4, 0.5) is 14.6 Å². The fraction of sp³-hybridized carbons (Fsp3) is 0.316. The van der Waals surface area contributed by atoms with E-state index in [2.05, 4.69) is 21.9 Å². The summed E-state index contributed by atoms with van der Waals surface area (Å²) in [6.07, 6.45) is 3.45. The lowest BCUT2D eigenvalue weighted by Gasteiger charge is -2.26. The third-order valence-corrected chi connectivity index (χ3v) is 3.96. The lowest BCUT2D eigenvalue weighted by atomic mass is 10.1. The number of allylic oxidation sites excluding steroid dienone is 2. The molecule has 1 unspecified atom stereocenters. The molecule has 2 rings (SSSR count). The van der Waals surface area contributed by atoms with Crippen LogP contribution in [-0.2, 0) is 4.74 Å². The third-order valence-electron chi connectivity index (χ3n) is 3.96. The Kier molecular flexibility index (Phi) is 7.84. The number of nitrogens with two attached hydrogens (primary N) is 2. The van der Waals surface area contributed by atoms with E-state index in [4.69, 9.17) is 26.4 Å². The van der Waals surface area contributed by atoms with Crippen LogP contribution in [0.5, 0.6) is 5.75 Å². The molecule has 0 bridgehead atoms. The molecule has 0 aromatic carbocycles. The molecule has 8 nitrogen and oxygen atoms in total. The Hall–Kier alpha value is -3.27. The summed E-state index contributed by atoms with van der Waals surface area (Å²) >= 11 is 0. The van der Waals surface area contributed by atoms with E-state index < -0.39 is 12.1 Å². The first kappa shape index (κ1) is 22.0. The van der Waals surface area contributed by atoms with Gasteiger partial charge in [-0.2, -0.15) is 0 Å². The van der Waals surface area contributed by atoms with Crippen LogP contribution in [0.3, 0.4) is 0 Å². The van der Waals surface area contributed by atoms with Gasteiger partial charge in [-0.25, -0.2) is 18.8 Å². The number of ether oxygens (including phenoxy) is 2. The van der Waals surface area contributed by atoms with Gasteiger partial charge in [-0.15, -0.1) is 0 Å². The Bertz CT molecular complexity index is 847. The lowest BCUT2D eigenvalue weighted by molar-refractivity contribution is -0.0721. The van der Waals surface area contributed by atoms with Gasteiger partial charge in [0.15, 0.2) is 0 Å². The van der Waals surface area contributed by atoms with Crippen molar-refractivity contribution in [3.05, 3.63) is 48.2 Å². The molecule has 0 amide bonds. The van der Waals surface area contributed by atoms with Crippen molar-refractivity contribution < 1.29 is 18.3 Å². The van der Waals surface area contributed by atoms with Crippen molar-refractivity contribution in [1.82, 2.24) is 4.98 Å². The van der Waals surface area contributed by atoms with E-state index in [1.807, 2.05) is 0 Å². The number of anilines is 1. The molecule has 1 fully saturated rings. The zero-order valence-electron chi connectivity index (χ0n) is 16.0. The Morgan fingerprint density at radius 2 is 2.31 bits per heavy atom. The van der Waals surface area contributed by atoms with E-state index in [0.29, 0.717) is 41.6 Å². The highest BCUT2D eigenvalue weighted by Gasteiger charge is 2.20. The molecule has 1 saturated heterocycles. The number of aliphatic imine (C=N–C) groups is 1. The molecule has 1 aliphatic rings. The summed E-state index contributed by atoms with van der Waals surface area (Å²) < 4.78 is 36.2. The van der Waals surface area contributed by atoms with Gasteiger partial charge in [-0.3, -0.25) is 0 Å². The third kappa shape index (κ3) is 6.39. The predicted octanol–water partition coefficient (Wildman–Crippen LogP) is 2.65. The molecule has 2 heterocycles. The van der Waals surface area contributed by atoms with E-state index in [9.17, 15) is 8.78 Å². The number of hydrogen-bond acceptors (Lipinski definition) is 8. The van der Waals surface area contributed by atoms with Crippen molar-refractivity contribution in [1.29, 1.82) is 5.41 Å². The van der Waals surface area contributed by atoms with Gasteiger partial charge in [0.1, 0.15) is 24.0 Å². The highest BCUT2D eigenvalue weighted by atomic mass is 19.3. The molecule has 0 aliphatic carbocycles. The van der Waals surface area contributed by atoms with Crippen molar-refractivity contribution >= 4 is 23.3 Å². The Labute approximate surface area is 167 Å². The van der Waals surface area contributed by atoms with Crippen LogP contribution in [0, 0.1) is 5.41 Å². The van der Waals surface area contributed by atoms with Crippen molar-refractivity contribution in [3.63, 3.8) is 0 Å². The second kappa shape index (κ2) is 10.3. The molecule has 0 radical (unpaired) electrons. The zero-order valence-corrected chi connectivity index (χ0v) is 16.0. The molecule has 0 saturated carbocycles. The van der Waals surface area contributed by atoms with Gasteiger partial charge in [0.25, 0.3) is 6.43 Å². The summed E-state index contributed by atoms with van der Waals surface area (Å²) in [7, 11) is 0. The van der Waals surface area contributed by atoms with E-state index in [1.165, 1.54) is 25.4 Å². The smallest absolute Gasteiger partial charge is 0.276 e. The van der Waals surface area contributed by atoms with Crippen molar-refractivity contribution in [2.75, 3.05) is 18.5 Å². The number of nitrogens with one attached hydrogen (secondary N) is 2. The van der Waals surface area contributed by atoms with E-state index in [-0.39, 0.29) is 11.9 Å². The second-order valence-electron chi connectivity index (χ2n) is 6.20. The largest absolute Gasteiger partial charge is 0.490 e. The van der Waals surface area contributed by atoms with E-state index in [1.54, 1.807) is 6.07 Å². The molecule has 6 N–H and O–H groups in total. The number of hydrogen-bond donors (Lipinski definition) is 4. The number of alkyl halides is 2. The standard InChI is InChI=1S/C19H24F2N6O2/c1-11(5-17(24)27-12(2)19(20)21)26-18-6-16(29-10-14-3-4-28-14)15(9-25-18)13(7-22)8-23/h5-9,14,19,22H,1,3-4,10,23-24H2,2H3,(H,25,26)/b13-8+,17-5-,22-7?,27-12+. The molecule has 29 heavy (non-hydrogen) atoms. The number of aromatic nitrogens is 1. The van der Waals surface area contributed by atoms with Gasteiger partial charge >= 0.3 is 0 Å². The van der Waals surface area contributed by atoms with Gasteiger partial charge < -0.3 is 31.7 Å². The van der Waals surface area contributed by atoms with Gasteiger partial charge in [-0.1, -0.05) is 6.58 Å². The van der Waals surface area contributed by atoms with Gasteiger partial charge in [-0.05, 0) is 6.92 Å². The van der Waals surface area contributed by atoms with Crippen LogP contribution in [0.15, 0.2) is 47.6 Å². The normalized spacial score (nSPS) is 17.7. The number of pyridine rings is 1. The maximum atomic E-state index is 12.5. The molecule has 1 aromatic rings. The monoisotopic (exact) mass is 406 g/mol. The van der Waals surface area contributed by atoms with Crippen LogP contribution >= 0.6 is 0 Å². The summed E-state index contributed by atoms with van der Waals surface area (Å²) in [5, 5.41) is 10.4. The average molecular weight is 406 g/mol. The van der Waals surface area contributed by atoms with Gasteiger partial charge in [0, 0.05) is 60.6 Å². The summed E-state index contributed by atoms with van der Waals surface area (Å²) in [5.41, 5.74) is 12.1. The maximum Gasteiger partial charge on any atom is 0.276 e. The van der Waals surface area contributed by atoms with E-state index >= 15 is 0 Å². The second-order valence-corrected chi connectivity index (χ2v) is 6.20. The Morgan fingerprint density at radius 3 is 2.86 bits per heavy atom. The maximum absolute atomic E-state index is 12.5. The first-order chi connectivity index (χ1) is 13.8. The first-order valence-electron chi connectivity index (χ1n) is 8.77. The van der Waals surface area contributed by atoms with Crippen molar-refractivity contribution in [3.8, 4) is 5.75 Å². The zero-order chi connectivity index (χ0) is 21.4. The number of halogens is 2. The highest BCUT2D eigenvalue weighted by Crippen LogP contribution is 2.28. The van der Waals surface area contributed by atoms with Gasteiger partial charge in [0.2, 0.25) is 0 Å². The van der Waals surface area contributed by atoms with Gasteiger partial charge in [0.05, 0.1) is 11.8 Å². The average Bonchev–Trinajstić information content (AvgIpc) is 2.62. The quantitative estimate of drug-likeness (QED) is 0.349. The van der Waals surface area contributed by atoms with Crippen LogP contribution in [-0.4, -0.2) is 42.7 Å². The van der Waals surface area contributed by atoms with Crippen LogP contribution in [0.25, 0.3) is 5.57 Å². The highest BCUT2D eigenvalue weighted by molar-refractivity contribution is 6.09.